The Hall–Kier alpha value is -2.07. The Morgan fingerprint density at radius 2 is 2.05 bits per heavy atom. The minimum absolute atomic E-state index is 0.607. The van der Waals surface area contributed by atoms with Gasteiger partial charge in [-0.3, -0.25) is 0 Å². The molecule has 0 aliphatic rings. The number of rotatable bonds is 4. The van der Waals surface area contributed by atoms with Crippen molar-refractivity contribution in [3.63, 3.8) is 0 Å². The summed E-state index contributed by atoms with van der Waals surface area (Å²) in [5.41, 5.74) is 1.46. The lowest BCUT2D eigenvalue weighted by molar-refractivity contribution is 0.627. The third-order valence-corrected chi connectivity index (χ3v) is 3.49. The molecule has 2 heterocycles. The first-order valence-corrected chi connectivity index (χ1v) is 7.39. The first-order valence-electron chi connectivity index (χ1n) is 7.01. The van der Waals surface area contributed by atoms with E-state index in [1.165, 1.54) is 0 Å². The molecule has 108 valence electrons. The molecule has 1 N–H and O–H groups in total. The van der Waals surface area contributed by atoms with Gasteiger partial charge in [-0.25, -0.2) is 9.97 Å². The summed E-state index contributed by atoms with van der Waals surface area (Å²) in [5, 5.41) is 4.80. The zero-order valence-electron chi connectivity index (χ0n) is 12.0. The van der Waals surface area contributed by atoms with Gasteiger partial charge >= 0.3 is 0 Å². The molecule has 1 aromatic carbocycles. The van der Waals surface area contributed by atoms with E-state index in [0.29, 0.717) is 16.4 Å². The summed E-state index contributed by atoms with van der Waals surface area (Å²) in [5.74, 6) is 2.30. The fourth-order valence-electron chi connectivity index (χ4n) is 2.21. The van der Waals surface area contributed by atoms with Crippen LogP contribution in [0.2, 0.25) is 5.02 Å². The summed E-state index contributed by atoms with van der Waals surface area (Å²) in [7, 11) is 0. The number of aryl methyl sites for hydroxylation is 1. The van der Waals surface area contributed by atoms with E-state index in [1.807, 2.05) is 44.2 Å². The maximum Gasteiger partial charge on any atom is 0.154 e. The topological polar surface area (TPSA) is 51.0 Å². The monoisotopic (exact) mass is 301 g/mol. The van der Waals surface area contributed by atoms with Crippen LogP contribution >= 0.6 is 11.6 Å². The maximum absolute atomic E-state index is 6.16. The van der Waals surface area contributed by atoms with Gasteiger partial charge in [0.1, 0.15) is 17.3 Å². The number of hydrogen-bond acceptors (Lipinski definition) is 4. The Labute approximate surface area is 128 Å². The van der Waals surface area contributed by atoms with Crippen molar-refractivity contribution in [2.45, 2.75) is 20.3 Å². The van der Waals surface area contributed by atoms with Gasteiger partial charge in [0.15, 0.2) is 11.3 Å². The van der Waals surface area contributed by atoms with E-state index >= 15 is 0 Å². The first kappa shape index (κ1) is 13.9. The van der Waals surface area contributed by atoms with Crippen molar-refractivity contribution in [2.24, 2.45) is 0 Å². The summed E-state index contributed by atoms with van der Waals surface area (Å²) in [6.07, 6.45) is 0.771. The van der Waals surface area contributed by atoms with E-state index in [1.54, 1.807) is 0 Å². The highest BCUT2D eigenvalue weighted by atomic mass is 35.5. The molecule has 0 amide bonds. The second-order valence-electron chi connectivity index (χ2n) is 4.71. The predicted octanol–water partition coefficient (Wildman–Crippen LogP) is 4.54. The molecule has 0 saturated heterocycles. The number of benzene rings is 1. The lowest BCUT2D eigenvalue weighted by atomic mass is 10.2. The fourth-order valence-corrected chi connectivity index (χ4v) is 2.43. The zero-order chi connectivity index (χ0) is 14.8. The highest BCUT2D eigenvalue weighted by Crippen LogP contribution is 2.31. The highest BCUT2D eigenvalue weighted by molar-refractivity contribution is 6.34. The average molecular weight is 302 g/mol. The Morgan fingerprint density at radius 1 is 1.19 bits per heavy atom. The van der Waals surface area contributed by atoms with E-state index in [9.17, 15) is 0 Å². The lowest BCUT2D eigenvalue weighted by Gasteiger charge is -2.06. The average Bonchev–Trinajstić information content (AvgIpc) is 2.93. The van der Waals surface area contributed by atoms with Gasteiger partial charge in [0.25, 0.3) is 0 Å². The van der Waals surface area contributed by atoms with Crippen LogP contribution in [0.15, 0.2) is 34.7 Å². The van der Waals surface area contributed by atoms with Gasteiger partial charge < -0.3 is 9.73 Å². The normalized spacial score (nSPS) is 11.0. The van der Waals surface area contributed by atoms with Crippen LogP contribution in [0, 0.1) is 0 Å². The fraction of sp³-hybridized carbons (Fsp3) is 0.250. The maximum atomic E-state index is 6.16. The number of hydrogen-bond donors (Lipinski definition) is 1. The van der Waals surface area contributed by atoms with E-state index in [0.717, 1.165) is 35.7 Å². The van der Waals surface area contributed by atoms with E-state index in [4.69, 9.17) is 16.0 Å². The van der Waals surface area contributed by atoms with Crippen LogP contribution in [0.25, 0.3) is 22.4 Å². The molecular formula is C16H16ClN3O. The van der Waals surface area contributed by atoms with Gasteiger partial charge in [-0.15, -0.1) is 0 Å². The molecule has 2 aromatic heterocycles. The van der Waals surface area contributed by atoms with Crippen LogP contribution in [-0.2, 0) is 6.42 Å². The van der Waals surface area contributed by atoms with E-state index in [2.05, 4.69) is 15.3 Å². The molecule has 21 heavy (non-hydrogen) atoms. The zero-order valence-corrected chi connectivity index (χ0v) is 12.7. The number of nitrogens with zero attached hydrogens (tertiary/aromatic N) is 2. The Morgan fingerprint density at radius 3 is 2.76 bits per heavy atom. The summed E-state index contributed by atoms with van der Waals surface area (Å²) >= 11 is 6.16. The SMILES string of the molecule is CCNc1cc(-c2cc3cccc(Cl)c3o2)nc(CC)n1. The molecule has 0 unspecified atom stereocenters. The van der Waals surface area contributed by atoms with Gasteiger partial charge in [-0.2, -0.15) is 0 Å². The smallest absolute Gasteiger partial charge is 0.154 e. The molecule has 0 aliphatic carbocycles. The van der Waals surface area contributed by atoms with Gasteiger partial charge in [0.05, 0.1) is 5.02 Å². The summed E-state index contributed by atoms with van der Waals surface area (Å²) in [6.45, 7) is 4.88. The van der Waals surface area contributed by atoms with Crippen molar-refractivity contribution in [1.82, 2.24) is 9.97 Å². The van der Waals surface area contributed by atoms with Crippen LogP contribution in [0.3, 0.4) is 0 Å². The standard InChI is InChI=1S/C16H16ClN3O/c1-3-14-19-12(9-15(20-14)18-4-2)13-8-10-6-5-7-11(17)16(10)21-13/h5-9H,3-4H2,1-2H3,(H,18,19,20). The Bertz CT molecular complexity index is 782. The molecule has 0 aliphatic heterocycles. The largest absolute Gasteiger partial charge is 0.453 e. The van der Waals surface area contributed by atoms with Crippen LogP contribution in [0.1, 0.15) is 19.7 Å². The van der Waals surface area contributed by atoms with E-state index in [-0.39, 0.29) is 0 Å². The number of para-hydroxylation sites is 1. The molecule has 5 heteroatoms. The van der Waals surface area contributed by atoms with Crippen molar-refractivity contribution in [1.29, 1.82) is 0 Å². The summed E-state index contributed by atoms with van der Waals surface area (Å²) in [6, 6.07) is 9.55. The molecule has 4 nitrogen and oxygen atoms in total. The first-order chi connectivity index (χ1) is 10.2. The highest BCUT2D eigenvalue weighted by Gasteiger charge is 2.12. The van der Waals surface area contributed by atoms with Gasteiger partial charge in [-0.1, -0.05) is 30.7 Å². The predicted molar refractivity (Wildman–Crippen MR) is 85.8 cm³/mol. The van der Waals surface area contributed by atoms with E-state index < -0.39 is 0 Å². The van der Waals surface area contributed by atoms with Crippen molar-refractivity contribution in [3.8, 4) is 11.5 Å². The minimum Gasteiger partial charge on any atom is -0.453 e. The number of nitrogens with one attached hydrogen (secondary N) is 1. The van der Waals surface area contributed by atoms with Crippen molar-refractivity contribution >= 4 is 28.4 Å². The van der Waals surface area contributed by atoms with Crippen molar-refractivity contribution in [2.75, 3.05) is 11.9 Å². The number of aromatic nitrogens is 2. The third kappa shape index (κ3) is 2.72. The third-order valence-electron chi connectivity index (χ3n) is 3.20. The lowest BCUT2D eigenvalue weighted by Crippen LogP contribution is -2.03. The molecule has 0 fully saturated rings. The van der Waals surface area contributed by atoms with Crippen molar-refractivity contribution < 1.29 is 4.42 Å². The molecule has 0 bridgehead atoms. The molecule has 0 saturated carbocycles. The van der Waals surface area contributed by atoms with Gasteiger partial charge in [-0.05, 0) is 19.1 Å². The Balaban J connectivity index is 2.12. The molecule has 3 rings (SSSR count). The van der Waals surface area contributed by atoms with Gasteiger partial charge in [0.2, 0.25) is 0 Å². The second-order valence-corrected chi connectivity index (χ2v) is 5.11. The number of halogens is 1. The number of furan rings is 1. The molecule has 3 aromatic rings. The Kier molecular flexibility index (Phi) is 3.80. The number of anilines is 1. The van der Waals surface area contributed by atoms with Crippen LogP contribution in [-0.4, -0.2) is 16.5 Å². The molecular weight excluding hydrogens is 286 g/mol. The molecule has 0 atom stereocenters. The van der Waals surface area contributed by atoms with Crippen LogP contribution in [0.5, 0.6) is 0 Å². The summed E-state index contributed by atoms with van der Waals surface area (Å²) in [4.78, 5) is 8.99. The minimum atomic E-state index is 0.607. The second kappa shape index (κ2) is 5.74. The quantitative estimate of drug-likeness (QED) is 0.769. The molecule has 0 spiro atoms. The van der Waals surface area contributed by atoms with Crippen molar-refractivity contribution in [3.05, 3.63) is 41.2 Å². The summed E-state index contributed by atoms with van der Waals surface area (Å²) < 4.78 is 5.87. The van der Waals surface area contributed by atoms with Crippen LogP contribution < -0.4 is 5.32 Å². The number of fused-ring (bicyclic) bond motifs is 1. The van der Waals surface area contributed by atoms with Gasteiger partial charge in [0, 0.05) is 24.4 Å². The van der Waals surface area contributed by atoms with Crippen LogP contribution in [0.4, 0.5) is 5.82 Å². The molecule has 0 radical (unpaired) electrons.